The largest absolute Gasteiger partial charge is 0.463 e. The zero-order chi connectivity index (χ0) is 17.1. The van der Waals surface area contributed by atoms with Gasteiger partial charge >= 0.3 is 5.97 Å². The maximum absolute atomic E-state index is 11.7. The van der Waals surface area contributed by atoms with Gasteiger partial charge < -0.3 is 14.1 Å². The van der Waals surface area contributed by atoms with Gasteiger partial charge in [-0.3, -0.25) is 9.69 Å². The van der Waals surface area contributed by atoms with Gasteiger partial charge in [-0.1, -0.05) is 0 Å². The van der Waals surface area contributed by atoms with Crippen LogP contribution in [0.25, 0.3) is 0 Å². The van der Waals surface area contributed by atoms with Gasteiger partial charge in [0, 0.05) is 32.1 Å². The molecule has 0 aliphatic carbocycles. The molecular weight excluding hydrogens is 296 g/mol. The van der Waals surface area contributed by atoms with E-state index in [1.165, 1.54) is 7.11 Å². The van der Waals surface area contributed by atoms with E-state index in [1.54, 1.807) is 6.92 Å². The van der Waals surface area contributed by atoms with Gasteiger partial charge in [0.15, 0.2) is 0 Å². The van der Waals surface area contributed by atoms with Crippen LogP contribution < -0.4 is 0 Å². The first-order chi connectivity index (χ1) is 10.8. The van der Waals surface area contributed by atoms with Crippen molar-refractivity contribution >= 4 is 11.9 Å². The van der Waals surface area contributed by atoms with Crippen molar-refractivity contribution in [3.05, 3.63) is 23.2 Å². The van der Waals surface area contributed by atoms with E-state index < -0.39 is 5.97 Å². The van der Waals surface area contributed by atoms with Gasteiger partial charge in [0.25, 0.3) is 0 Å². The first-order valence-corrected chi connectivity index (χ1v) is 7.97. The fourth-order valence-corrected chi connectivity index (χ4v) is 3.06. The maximum atomic E-state index is 11.7. The summed E-state index contributed by atoms with van der Waals surface area (Å²) in [5.41, 5.74) is 0.788. The first-order valence-electron chi connectivity index (χ1n) is 7.97. The Balaban J connectivity index is 1.99. The third-order valence-electron chi connectivity index (χ3n) is 4.66. The van der Waals surface area contributed by atoms with Crippen molar-refractivity contribution in [2.45, 2.75) is 33.2 Å². The number of amides is 1. The molecule has 1 aliphatic heterocycles. The SMILES string of the molecule is COC(=O)c1oc([C@H](C)N(C)C[C@H]2CCN(C(C)=O)C2)cc1C. The summed E-state index contributed by atoms with van der Waals surface area (Å²) in [5, 5.41) is 0. The molecule has 1 aromatic heterocycles. The van der Waals surface area contributed by atoms with Crippen LogP contribution in [0, 0.1) is 12.8 Å². The van der Waals surface area contributed by atoms with Gasteiger partial charge in [-0.25, -0.2) is 4.79 Å². The predicted molar refractivity (Wildman–Crippen MR) is 86.2 cm³/mol. The van der Waals surface area contributed by atoms with Crippen molar-refractivity contribution < 1.29 is 18.7 Å². The fourth-order valence-electron chi connectivity index (χ4n) is 3.06. The lowest BCUT2D eigenvalue weighted by molar-refractivity contribution is -0.127. The van der Waals surface area contributed by atoms with Crippen molar-refractivity contribution in [1.82, 2.24) is 9.80 Å². The van der Waals surface area contributed by atoms with Gasteiger partial charge in [-0.15, -0.1) is 0 Å². The third-order valence-corrected chi connectivity index (χ3v) is 4.66. The summed E-state index contributed by atoms with van der Waals surface area (Å²) in [6.45, 7) is 8.06. The van der Waals surface area contributed by atoms with Gasteiger partial charge in [0.05, 0.1) is 13.2 Å². The molecule has 2 atom stereocenters. The summed E-state index contributed by atoms with van der Waals surface area (Å²) < 4.78 is 10.4. The minimum absolute atomic E-state index is 0.0542. The molecule has 1 aliphatic rings. The second-order valence-corrected chi connectivity index (χ2v) is 6.39. The molecule has 1 fully saturated rings. The Labute approximate surface area is 137 Å². The van der Waals surface area contributed by atoms with Gasteiger partial charge in [0.2, 0.25) is 11.7 Å². The fraction of sp³-hybridized carbons (Fsp3) is 0.647. The molecule has 128 valence electrons. The van der Waals surface area contributed by atoms with E-state index >= 15 is 0 Å². The first kappa shape index (κ1) is 17.5. The molecule has 0 radical (unpaired) electrons. The molecule has 0 saturated carbocycles. The van der Waals surface area contributed by atoms with E-state index in [-0.39, 0.29) is 17.7 Å². The maximum Gasteiger partial charge on any atom is 0.374 e. The summed E-state index contributed by atoms with van der Waals surface area (Å²) in [4.78, 5) is 27.2. The number of carbonyl (C=O) groups is 2. The third kappa shape index (κ3) is 3.93. The van der Waals surface area contributed by atoms with E-state index in [9.17, 15) is 9.59 Å². The topological polar surface area (TPSA) is 63.0 Å². The van der Waals surface area contributed by atoms with Crippen molar-refractivity contribution in [3.8, 4) is 0 Å². The van der Waals surface area contributed by atoms with Gasteiger partial charge in [-0.2, -0.15) is 0 Å². The highest BCUT2D eigenvalue weighted by atomic mass is 16.5. The number of hydrogen-bond acceptors (Lipinski definition) is 5. The molecule has 1 saturated heterocycles. The lowest BCUT2D eigenvalue weighted by Gasteiger charge is -2.26. The highest BCUT2D eigenvalue weighted by Crippen LogP contribution is 2.27. The number of furan rings is 1. The zero-order valence-electron chi connectivity index (χ0n) is 14.6. The quantitative estimate of drug-likeness (QED) is 0.778. The average molecular weight is 322 g/mol. The predicted octanol–water partition coefficient (Wildman–Crippen LogP) is 2.24. The number of ether oxygens (including phenoxy) is 1. The Bertz CT molecular complexity index is 581. The molecule has 23 heavy (non-hydrogen) atoms. The summed E-state index contributed by atoms with van der Waals surface area (Å²) in [6, 6.07) is 1.95. The van der Waals surface area contributed by atoms with E-state index in [1.807, 2.05) is 24.9 Å². The second-order valence-electron chi connectivity index (χ2n) is 6.39. The molecule has 0 bridgehead atoms. The molecular formula is C17H26N2O4. The highest BCUT2D eigenvalue weighted by molar-refractivity contribution is 5.87. The van der Waals surface area contributed by atoms with Crippen molar-refractivity contribution in [1.29, 1.82) is 0 Å². The Morgan fingerprint density at radius 2 is 2.22 bits per heavy atom. The van der Waals surface area contributed by atoms with Crippen LogP contribution in [0.5, 0.6) is 0 Å². The van der Waals surface area contributed by atoms with Crippen molar-refractivity contribution in [2.75, 3.05) is 33.8 Å². The number of nitrogens with zero attached hydrogens (tertiary/aromatic N) is 2. The second kappa shape index (κ2) is 7.17. The van der Waals surface area contributed by atoms with Crippen LogP contribution in [0.2, 0.25) is 0 Å². The standard InChI is InChI=1S/C17H26N2O4/c1-11-8-15(23-16(11)17(21)22-5)12(2)18(4)9-14-6-7-19(10-14)13(3)20/h8,12,14H,6-7,9-10H2,1-5H3/t12-,14+/m0/s1. The van der Waals surface area contributed by atoms with Crippen molar-refractivity contribution in [2.24, 2.45) is 5.92 Å². The Morgan fingerprint density at radius 1 is 1.52 bits per heavy atom. The summed E-state index contributed by atoms with van der Waals surface area (Å²) >= 11 is 0. The van der Waals surface area contributed by atoms with Crippen LogP contribution in [0.3, 0.4) is 0 Å². The molecule has 2 rings (SSSR count). The minimum atomic E-state index is -0.448. The van der Waals surface area contributed by atoms with E-state index in [2.05, 4.69) is 11.8 Å². The number of carbonyl (C=O) groups excluding carboxylic acids is 2. The molecule has 0 N–H and O–H groups in total. The summed E-state index contributed by atoms with van der Waals surface area (Å²) in [6.07, 6.45) is 1.03. The molecule has 0 aromatic carbocycles. The van der Waals surface area contributed by atoms with Crippen LogP contribution in [0.4, 0.5) is 0 Å². The van der Waals surface area contributed by atoms with E-state index in [0.717, 1.165) is 37.4 Å². The summed E-state index contributed by atoms with van der Waals surface area (Å²) in [7, 11) is 3.39. The molecule has 6 nitrogen and oxygen atoms in total. The Morgan fingerprint density at radius 3 is 2.78 bits per heavy atom. The highest BCUT2D eigenvalue weighted by Gasteiger charge is 2.28. The minimum Gasteiger partial charge on any atom is -0.463 e. The van der Waals surface area contributed by atoms with Gasteiger partial charge in [-0.05, 0) is 39.3 Å². The molecule has 0 unspecified atom stereocenters. The van der Waals surface area contributed by atoms with Crippen LogP contribution in [0.1, 0.15) is 48.2 Å². The van der Waals surface area contributed by atoms with Crippen LogP contribution in [-0.4, -0.2) is 55.5 Å². The number of methoxy groups -OCH3 is 1. The average Bonchev–Trinajstić information content (AvgIpc) is 3.12. The monoisotopic (exact) mass is 322 g/mol. The number of esters is 1. The smallest absolute Gasteiger partial charge is 0.374 e. The van der Waals surface area contributed by atoms with E-state index in [4.69, 9.17) is 9.15 Å². The Hall–Kier alpha value is -1.82. The number of rotatable bonds is 5. The normalized spacial score (nSPS) is 19.2. The van der Waals surface area contributed by atoms with Crippen LogP contribution in [-0.2, 0) is 9.53 Å². The summed E-state index contributed by atoms with van der Waals surface area (Å²) in [5.74, 6) is 1.20. The lowest BCUT2D eigenvalue weighted by atomic mass is 10.1. The molecule has 1 aromatic rings. The molecule has 0 spiro atoms. The molecule has 1 amide bonds. The Kier molecular flexibility index (Phi) is 5.46. The number of hydrogen-bond donors (Lipinski definition) is 0. The lowest BCUT2D eigenvalue weighted by Crippen LogP contribution is -2.31. The van der Waals surface area contributed by atoms with Gasteiger partial charge in [0.1, 0.15) is 5.76 Å². The molecule has 2 heterocycles. The number of aryl methyl sites for hydroxylation is 1. The van der Waals surface area contributed by atoms with Crippen LogP contribution in [0.15, 0.2) is 10.5 Å². The van der Waals surface area contributed by atoms with Crippen molar-refractivity contribution in [3.63, 3.8) is 0 Å². The zero-order valence-corrected chi connectivity index (χ0v) is 14.6. The van der Waals surface area contributed by atoms with Crippen LogP contribution >= 0.6 is 0 Å². The molecule has 6 heteroatoms. The number of likely N-dealkylation sites (tertiary alicyclic amines) is 1. The van der Waals surface area contributed by atoms with E-state index in [0.29, 0.717) is 5.92 Å².